The van der Waals surface area contributed by atoms with Crippen LogP contribution in [0, 0.1) is 5.92 Å². The van der Waals surface area contributed by atoms with Crippen molar-refractivity contribution in [2.75, 3.05) is 51.8 Å². The van der Waals surface area contributed by atoms with E-state index in [1.54, 1.807) is 19.1 Å². The molecule has 0 radical (unpaired) electrons. The topological polar surface area (TPSA) is 88.1 Å². The molecule has 0 spiro atoms. The molecule has 2 heterocycles. The SMILES string of the molecule is CCC(C)N(CC(=O)N1CCN(c2ccc(-c3ccc(OC)c(OC)c3)nn2)CC1)C(=O)C1CCC1. The summed E-state index contributed by atoms with van der Waals surface area (Å²) in [6, 6.07) is 9.62. The van der Waals surface area contributed by atoms with Crippen molar-refractivity contribution in [3.8, 4) is 22.8 Å². The number of aromatic nitrogens is 2. The molecule has 2 aromatic rings. The van der Waals surface area contributed by atoms with Crippen LogP contribution in [0.15, 0.2) is 30.3 Å². The van der Waals surface area contributed by atoms with Gasteiger partial charge in [0.15, 0.2) is 17.3 Å². The molecule has 1 atom stereocenters. The van der Waals surface area contributed by atoms with Crippen molar-refractivity contribution in [3.05, 3.63) is 30.3 Å². The predicted octanol–water partition coefficient (Wildman–Crippen LogP) is 3.24. The highest BCUT2D eigenvalue weighted by molar-refractivity contribution is 5.86. The summed E-state index contributed by atoms with van der Waals surface area (Å²) in [5.41, 5.74) is 1.64. The van der Waals surface area contributed by atoms with Gasteiger partial charge in [-0.2, -0.15) is 0 Å². The van der Waals surface area contributed by atoms with Crippen LogP contribution in [-0.4, -0.2) is 84.8 Å². The molecule has 2 amide bonds. The molecule has 1 saturated heterocycles. The summed E-state index contributed by atoms with van der Waals surface area (Å²) in [6.07, 6.45) is 3.85. The average molecular weight is 496 g/mol. The Kier molecular flexibility index (Phi) is 8.28. The van der Waals surface area contributed by atoms with Crippen molar-refractivity contribution in [3.63, 3.8) is 0 Å². The van der Waals surface area contributed by atoms with Gasteiger partial charge in [-0.15, -0.1) is 10.2 Å². The van der Waals surface area contributed by atoms with Gasteiger partial charge in [-0.25, -0.2) is 0 Å². The standard InChI is InChI=1S/C27H37N5O4/c1-5-19(2)32(27(34)20-7-6-8-20)18-26(33)31-15-13-30(14-16-31)25-12-10-22(28-29-25)21-9-11-23(35-3)24(17-21)36-4/h9-12,17,19-20H,5-8,13-16,18H2,1-4H3. The molecule has 1 aromatic carbocycles. The minimum absolute atomic E-state index is 0.0255. The number of amides is 2. The van der Waals surface area contributed by atoms with Crippen LogP contribution in [0.5, 0.6) is 11.5 Å². The molecule has 2 aliphatic rings. The molecular formula is C27H37N5O4. The van der Waals surface area contributed by atoms with E-state index in [2.05, 4.69) is 22.0 Å². The van der Waals surface area contributed by atoms with Crippen molar-refractivity contribution in [2.24, 2.45) is 5.92 Å². The van der Waals surface area contributed by atoms with E-state index in [0.717, 1.165) is 42.8 Å². The lowest BCUT2D eigenvalue weighted by Crippen LogP contribution is -2.54. The van der Waals surface area contributed by atoms with Gasteiger partial charge in [-0.3, -0.25) is 9.59 Å². The number of nitrogens with zero attached hydrogens (tertiary/aromatic N) is 5. The van der Waals surface area contributed by atoms with Crippen LogP contribution in [0.25, 0.3) is 11.3 Å². The number of carbonyl (C=O) groups excluding carboxylic acids is 2. The fraction of sp³-hybridized carbons (Fsp3) is 0.556. The summed E-state index contributed by atoms with van der Waals surface area (Å²) in [5.74, 6) is 2.36. The summed E-state index contributed by atoms with van der Waals surface area (Å²) in [4.78, 5) is 31.8. The Labute approximate surface area is 213 Å². The number of rotatable bonds is 9. The molecule has 36 heavy (non-hydrogen) atoms. The van der Waals surface area contributed by atoms with E-state index in [0.29, 0.717) is 37.7 Å². The Morgan fingerprint density at radius 3 is 2.31 bits per heavy atom. The molecule has 0 bridgehead atoms. The Balaban J connectivity index is 1.34. The van der Waals surface area contributed by atoms with Gasteiger partial charge >= 0.3 is 0 Å². The number of hydrogen-bond acceptors (Lipinski definition) is 7. The van der Waals surface area contributed by atoms with Crippen LogP contribution in [0.1, 0.15) is 39.5 Å². The summed E-state index contributed by atoms with van der Waals surface area (Å²) in [7, 11) is 3.21. The van der Waals surface area contributed by atoms with Gasteiger partial charge in [0, 0.05) is 43.7 Å². The Morgan fingerprint density at radius 1 is 1.03 bits per heavy atom. The van der Waals surface area contributed by atoms with E-state index >= 15 is 0 Å². The van der Waals surface area contributed by atoms with E-state index in [1.165, 1.54) is 0 Å². The van der Waals surface area contributed by atoms with Crippen molar-refractivity contribution in [1.82, 2.24) is 20.0 Å². The summed E-state index contributed by atoms with van der Waals surface area (Å²) in [5, 5.41) is 8.85. The van der Waals surface area contributed by atoms with E-state index in [1.807, 2.05) is 42.2 Å². The van der Waals surface area contributed by atoms with Gasteiger partial charge < -0.3 is 24.2 Å². The number of piperazine rings is 1. The number of hydrogen-bond donors (Lipinski definition) is 0. The highest BCUT2D eigenvalue weighted by atomic mass is 16.5. The smallest absolute Gasteiger partial charge is 0.242 e. The lowest BCUT2D eigenvalue weighted by molar-refractivity contribution is -0.147. The second-order valence-corrected chi connectivity index (χ2v) is 9.57. The molecule has 9 nitrogen and oxygen atoms in total. The van der Waals surface area contributed by atoms with Gasteiger partial charge in [0.05, 0.1) is 26.5 Å². The Morgan fingerprint density at radius 2 is 1.75 bits per heavy atom. The molecular weight excluding hydrogens is 458 g/mol. The van der Waals surface area contributed by atoms with Crippen LogP contribution in [-0.2, 0) is 9.59 Å². The number of benzene rings is 1. The van der Waals surface area contributed by atoms with Gasteiger partial charge in [0.1, 0.15) is 0 Å². The molecule has 1 saturated carbocycles. The number of methoxy groups -OCH3 is 2. The molecule has 1 unspecified atom stereocenters. The average Bonchev–Trinajstić information content (AvgIpc) is 2.89. The molecule has 1 aromatic heterocycles. The molecule has 1 aliphatic heterocycles. The second-order valence-electron chi connectivity index (χ2n) is 9.57. The highest BCUT2D eigenvalue weighted by Crippen LogP contribution is 2.32. The van der Waals surface area contributed by atoms with Crippen molar-refractivity contribution in [1.29, 1.82) is 0 Å². The molecule has 1 aliphatic carbocycles. The molecule has 4 rings (SSSR count). The molecule has 9 heteroatoms. The van der Waals surface area contributed by atoms with Gasteiger partial charge in [0.2, 0.25) is 11.8 Å². The van der Waals surface area contributed by atoms with Gasteiger partial charge in [0.25, 0.3) is 0 Å². The normalized spacial score (nSPS) is 16.8. The molecule has 0 N–H and O–H groups in total. The van der Waals surface area contributed by atoms with Crippen molar-refractivity contribution >= 4 is 17.6 Å². The first-order chi connectivity index (χ1) is 17.4. The summed E-state index contributed by atoms with van der Waals surface area (Å²) < 4.78 is 10.7. The van der Waals surface area contributed by atoms with Crippen LogP contribution < -0.4 is 14.4 Å². The zero-order chi connectivity index (χ0) is 25.7. The van der Waals surface area contributed by atoms with E-state index in [-0.39, 0.29) is 30.3 Å². The molecule has 2 fully saturated rings. The third-order valence-electron chi connectivity index (χ3n) is 7.45. The quantitative estimate of drug-likeness (QED) is 0.528. The van der Waals surface area contributed by atoms with Gasteiger partial charge in [-0.1, -0.05) is 13.3 Å². The summed E-state index contributed by atoms with van der Waals surface area (Å²) >= 11 is 0. The predicted molar refractivity (Wildman–Crippen MR) is 138 cm³/mol. The minimum Gasteiger partial charge on any atom is -0.493 e. The first kappa shape index (κ1) is 25.7. The first-order valence-corrected chi connectivity index (χ1v) is 12.8. The number of carbonyl (C=O) groups is 2. The lowest BCUT2D eigenvalue weighted by Gasteiger charge is -2.38. The number of anilines is 1. The van der Waals surface area contributed by atoms with Crippen LogP contribution in [0.2, 0.25) is 0 Å². The van der Waals surface area contributed by atoms with Crippen molar-refractivity contribution in [2.45, 2.75) is 45.6 Å². The largest absolute Gasteiger partial charge is 0.493 e. The Bertz CT molecular complexity index is 1050. The Hall–Kier alpha value is -3.36. The van der Waals surface area contributed by atoms with E-state index in [9.17, 15) is 9.59 Å². The van der Waals surface area contributed by atoms with Crippen LogP contribution >= 0.6 is 0 Å². The van der Waals surface area contributed by atoms with Crippen LogP contribution in [0.4, 0.5) is 5.82 Å². The fourth-order valence-electron chi connectivity index (χ4n) is 4.64. The van der Waals surface area contributed by atoms with Crippen molar-refractivity contribution < 1.29 is 19.1 Å². The lowest BCUT2D eigenvalue weighted by atomic mass is 9.84. The number of ether oxygens (including phenoxy) is 2. The van der Waals surface area contributed by atoms with E-state index in [4.69, 9.17) is 9.47 Å². The summed E-state index contributed by atoms with van der Waals surface area (Å²) in [6.45, 7) is 6.82. The fourth-order valence-corrected chi connectivity index (χ4v) is 4.64. The van der Waals surface area contributed by atoms with Crippen LogP contribution in [0.3, 0.4) is 0 Å². The third kappa shape index (κ3) is 5.55. The zero-order valence-corrected chi connectivity index (χ0v) is 21.8. The second kappa shape index (κ2) is 11.6. The maximum absolute atomic E-state index is 13.1. The minimum atomic E-state index is 0.0255. The van der Waals surface area contributed by atoms with E-state index < -0.39 is 0 Å². The van der Waals surface area contributed by atoms with Gasteiger partial charge in [-0.05, 0) is 56.5 Å². The highest BCUT2D eigenvalue weighted by Gasteiger charge is 2.33. The third-order valence-corrected chi connectivity index (χ3v) is 7.45. The maximum Gasteiger partial charge on any atom is 0.242 e. The molecule has 194 valence electrons. The zero-order valence-electron chi connectivity index (χ0n) is 21.8. The first-order valence-electron chi connectivity index (χ1n) is 12.8. The monoisotopic (exact) mass is 495 g/mol. The maximum atomic E-state index is 13.1.